The zero-order valence-electron chi connectivity index (χ0n) is 7.45. The molecule has 0 amide bonds. The minimum atomic E-state index is 0.654. The third-order valence-corrected chi connectivity index (χ3v) is 3.47. The van der Waals surface area contributed by atoms with Crippen molar-refractivity contribution in [3.8, 4) is 0 Å². The van der Waals surface area contributed by atoms with Crippen molar-refractivity contribution in [2.45, 2.75) is 24.2 Å². The number of carbonyl (C=O) groups excluding carboxylic acids is 1. The van der Waals surface area contributed by atoms with Gasteiger partial charge in [0.05, 0.1) is 0 Å². The molecular weight excluding hydrogens is 180 g/mol. The summed E-state index contributed by atoms with van der Waals surface area (Å²) in [7, 11) is 0. The van der Waals surface area contributed by atoms with E-state index in [0.717, 1.165) is 12.7 Å². The van der Waals surface area contributed by atoms with Crippen molar-refractivity contribution in [2.24, 2.45) is 0 Å². The van der Waals surface area contributed by atoms with Gasteiger partial charge < -0.3 is 4.79 Å². The topological polar surface area (TPSA) is 17.1 Å². The molecule has 1 nitrogen and oxygen atoms in total. The first-order valence-electron chi connectivity index (χ1n) is 4.59. The van der Waals surface area contributed by atoms with Crippen LogP contribution in [0, 0.1) is 0 Å². The van der Waals surface area contributed by atoms with Crippen LogP contribution >= 0.6 is 11.8 Å². The molecule has 0 N–H and O–H groups in total. The van der Waals surface area contributed by atoms with E-state index in [1.807, 2.05) is 11.8 Å². The second-order valence-corrected chi connectivity index (χ2v) is 4.33. The van der Waals surface area contributed by atoms with Gasteiger partial charge in [-0.15, -0.1) is 11.8 Å². The number of benzene rings is 1. The summed E-state index contributed by atoms with van der Waals surface area (Å²) >= 11 is 1.93. The molecule has 0 aliphatic carbocycles. The highest BCUT2D eigenvalue weighted by molar-refractivity contribution is 7.99. The van der Waals surface area contributed by atoms with Gasteiger partial charge in [0.2, 0.25) is 0 Å². The van der Waals surface area contributed by atoms with Crippen LogP contribution in [0.4, 0.5) is 0 Å². The quantitative estimate of drug-likeness (QED) is 0.684. The van der Waals surface area contributed by atoms with Gasteiger partial charge in [-0.3, -0.25) is 0 Å². The zero-order chi connectivity index (χ0) is 9.10. The average Bonchev–Trinajstić information content (AvgIpc) is 2.62. The number of hydrogen-bond donors (Lipinski definition) is 0. The first kappa shape index (κ1) is 8.82. The Balaban J connectivity index is 2.25. The van der Waals surface area contributed by atoms with Gasteiger partial charge in [0.1, 0.15) is 6.29 Å². The minimum Gasteiger partial charge on any atom is -0.303 e. The van der Waals surface area contributed by atoms with Crippen LogP contribution in [0.15, 0.2) is 23.1 Å². The molecule has 0 saturated carbocycles. The van der Waals surface area contributed by atoms with E-state index in [4.69, 9.17) is 0 Å². The van der Waals surface area contributed by atoms with E-state index in [0.29, 0.717) is 6.42 Å². The number of carbonyl (C=O) groups is 1. The Hall–Kier alpha value is -0.760. The smallest absolute Gasteiger partial charge is 0.120 e. The summed E-state index contributed by atoms with van der Waals surface area (Å²) in [5.74, 6) is 1.20. The Morgan fingerprint density at radius 3 is 3.23 bits per heavy atom. The van der Waals surface area contributed by atoms with E-state index >= 15 is 0 Å². The van der Waals surface area contributed by atoms with Crippen LogP contribution in [-0.2, 0) is 17.6 Å². The summed E-state index contributed by atoms with van der Waals surface area (Å²) in [5.41, 5.74) is 2.85. The minimum absolute atomic E-state index is 0.654. The summed E-state index contributed by atoms with van der Waals surface area (Å²) in [5, 5.41) is 0. The lowest BCUT2D eigenvalue weighted by Crippen LogP contribution is -1.93. The fraction of sp³-hybridized carbons (Fsp3) is 0.364. The van der Waals surface area contributed by atoms with Crippen LogP contribution in [-0.4, -0.2) is 12.0 Å². The molecule has 0 spiro atoms. The second-order valence-electron chi connectivity index (χ2n) is 3.20. The van der Waals surface area contributed by atoms with Gasteiger partial charge in [-0.2, -0.15) is 0 Å². The third-order valence-electron chi connectivity index (χ3n) is 2.37. The molecule has 1 aromatic rings. The highest BCUT2D eigenvalue weighted by Crippen LogP contribution is 2.33. The van der Waals surface area contributed by atoms with Gasteiger partial charge >= 0.3 is 0 Å². The first-order chi connectivity index (χ1) is 6.42. The Labute approximate surface area is 82.5 Å². The fourth-order valence-electron chi connectivity index (χ4n) is 1.74. The predicted molar refractivity (Wildman–Crippen MR) is 55.3 cm³/mol. The number of hydrogen-bond acceptors (Lipinski definition) is 2. The van der Waals surface area contributed by atoms with Gasteiger partial charge in [-0.1, -0.05) is 12.1 Å². The Morgan fingerprint density at radius 1 is 1.46 bits per heavy atom. The van der Waals surface area contributed by atoms with Gasteiger partial charge in [0, 0.05) is 17.1 Å². The second kappa shape index (κ2) is 3.97. The molecule has 1 heterocycles. The molecule has 1 aromatic carbocycles. The van der Waals surface area contributed by atoms with E-state index in [2.05, 4.69) is 18.2 Å². The SMILES string of the molecule is O=CCCc1cccc2c1CCS2. The van der Waals surface area contributed by atoms with Crippen LogP contribution in [0.5, 0.6) is 0 Å². The summed E-state index contributed by atoms with van der Waals surface area (Å²) < 4.78 is 0. The number of aldehydes is 1. The van der Waals surface area contributed by atoms with E-state index in [1.165, 1.54) is 28.2 Å². The van der Waals surface area contributed by atoms with Crippen molar-refractivity contribution in [2.75, 3.05) is 5.75 Å². The Bertz CT molecular complexity index is 320. The lowest BCUT2D eigenvalue weighted by Gasteiger charge is -2.04. The van der Waals surface area contributed by atoms with E-state index in [1.54, 1.807) is 0 Å². The van der Waals surface area contributed by atoms with Crippen molar-refractivity contribution < 1.29 is 4.79 Å². The van der Waals surface area contributed by atoms with Crippen LogP contribution in [0.2, 0.25) is 0 Å². The lowest BCUT2D eigenvalue weighted by molar-refractivity contribution is -0.107. The highest BCUT2D eigenvalue weighted by Gasteiger charge is 2.13. The van der Waals surface area contributed by atoms with Crippen molar-refractivity contribution in [3.05, 3.63) is 29.3 Å². The van der Waals surface area contributed by atoms with E-state index in [9.17, 15) is 4.79 Å². The number of thioether (sulfide) groups is 1. The molecule has 0 atom stereocenters. The van der Waals surface area contributed by atoms with Crippen molar-refractivity contribution >= 4 is 18.0 Å². The zero-order valence-corrected chi connectivity index (χ0v) is 8.27. The average molecular weight is 192 g/mol. The molecule has 1 aliphatic heterocycles. The molecule has 0 bridgehead atoms. The molecule has 13 heavy (non-hydrogen) atoms. The maximum Gasteiger partial charge on any atom is 0.120 e. The summed E-state index contributed by atoms with van der Waals surface area (Å²) in [6.07, 6.45) is 3.74. The largest absolute Gasteiger partial charge is 0.303 e. The van der Waals surface area contributed by atoms with Gasteiger partial charge in [0.25, 0.3) is 0 Å². The maximum atomic E-state index is 10.3. The predicted octanol–water partition coefficient (Wildman–Crippen LogP) is 2.47. The number of aryl methyl sites for hydroxylation is 1. The third kappa shape index (κ3) is 1.78. The van der Waals surface area contributed by atoms with E-state index < -0.39 is 0 Å². The van der Waals surface area contributed by atoms with Crippen LogP contribution in [0.1, 0.15) is 17.5 Å². The molecule has 2 rings (SSSR count). The Morgan fingerprint density at radius 2 is 2.38 bits per heavy atom. The maximum absolute atomic E-state index is 10.3. The van der Waals surface area contributed by atoms with Crippen LogP contribution in [0.25, 0.3) is 0 Å². The molecule has 2 heteroatoms. The standard InChI is InChI=1S/C11H12OS/c12-7-2-4-9-3-1-5-11-10(9)6-8-13-11/h1,3,5,7H,2,4,6,8H2. The summed E-state index contributed by atoms with van der Waals surface area (Å²) in [4.78, 5) is 11.7. The Kier molecular flexibility index (Phi) is 2.69. The molecule has 1 aliphatic rings. The molecule has 68 valence electrons. The van der Waals surface area contributed by atoms with Crippen molar-refractivity contribution in [1.29, 1.82) is 0 Å². The highest BCUT2D eigenvalue weighted by atomic mass is 32.2. The number of rotatable bonds is 3. The lowest BCUT2D eigenvalue weighted by atomic mass is 10.0. The van der Waals surface area contributed by atoms with Crippen molar-refractivity contribution in [3.63, 3.8) is 0 Å². The van der Waals surface area contributed by atoms with Crippen LogP contribution in [0.3, 0.4) is 0 Å². The monoisotopic (exact) mass is 192 g/mol. The summed E-state index contributed by atoms with van der Waals surface area (Å²) in [6, 6.07) is 6.42. The fourth-order valence-corrected chi connectivity index (χ4v) is 2.85. The molecule has 0 unspecified atom stereocenters. The van der Waals surface area contributed by atoms with Gasteiger partial charge in [0.15, 0.2) is 0 Å². The first-order valence-corrected chi connectivity index (χ1v) is 5.57. The van der Waals surface area contributed by atoms with Crippen LogP contribution < -0.4 is 0 Å². The molecule has 0 radical (unpaired) electrons. The van der Waals surface area contributed by atoms with Gasteiger partial charge in [-0.25, -0.2) is 0 Å². The van der Waals surface area contributed by atoms with Gasteiger partial charge in [-0.05, 0) is 30.0 Å². The summed E-state index contributed by atoms with van der Waals surface area (Å²) in [6.45, 7) is 0. The normalized spacial score (nSPS) is 14.2. The molecule has 0 aromatic heterocycles. The molecule has 0 saturated heterocycles. The number of fused-ring (bicyclic) bond motifs is 1. The molecular formula is C11H12OS. The molecule has 0 fully saturated rings. The van der Waals surface area contributed by atoms with E-state index in [-0.39, 0.29) is 0 Å². The van der Waals surface area contributed by atoms with Crippen molar-refractivity contribution in [1.82, 2.24) is 0 Å².